The minimum absolute atomic E-state index is 0.161. The van der Waals surface area contributed by atoms with Gasteiger partial charge in [0.25, 0.3) is 0 Å². The molecular formula is C28H32N4O3S. The smallest absolute Gasteiger partial charge is 0.317 e. The summed E-state index contributed by atoms with van der Waals surface area (Å²) < 4.78 is 16.3. The van der Waals surface area contributed by atoms with Gasteiger partial charge in [-0.1, -0.05) is 48.2 Å². The molecule has 0 amide bonds. The number of nitrogens with one attached hydrogen (secondary N) is 1. The number of thioether (sulfide) groups is 1. The SMILES string of the molecule is COc1ccc(/C=C/c2cc(/C=C/c3ccc(OC)cc3)nc(OCCCCCSC(=N)N)n2)cc1. The zero-order valence-corrected chi connectivity index (χ0v) is 21.5. The predicted octanol–water partition coefficient (Wildman–Crippen LogP) is 6.01. The molecule has 0 saturated carbocycles. The Hall–Kier alpha value is -3.78. The number of nitrogens with zero attached hydrogens (tertiary/aromatic N) is 2. The van der Waals surface area contributed by atoms with Crippen LogP contribution in [0.2, 0.25) is 0 Å². The molecule has 188 valence electrons. The van der Waals surface area contributed by atoms with Gasteiger partial charge in [-0.2, -0.15) is 9.97 Å². The summed E-state index contributed by atoms with van der Waals surface area (Å²) in [5.74, 6) is 2.48. The quantitative estimate of drug-likeness (QED) is 0.167. The number of aromatic nitrogens is 2. The van der Waals surface area contributed by atoms with Crippen LogP contribution < -0.4 is 19.9 Å². The third kappa shape index (κ3) is 9.46. The van der Waals surface area contributed by atoms with Gasteiger partial charge in [0.1, 0.15) is 11.5 Å². The molecule has 3 aromatic rings. The van der Waals surface area contributed by atoms with Crippen molar-refractivity contribution in [2.45, 2.75) is 19.3 Å². The molecule has 0 fully saturated rings. The van der Waals surface area contributed by atoms with E-state index in [0.29, 0.717) is 12.6 Å². The Bertz CT molecular complexity index is 1090. The second-order valence-electron chi connectivity index (χ2n) is 7.84. The van der Waals surface area contributed by atoms with Crippen LogP contribution in [0.1, 0.15) is 41.8 Å². The molecule has 0 saturated heterocycles. The Morgan fingerprint density at radius 1 is 0.806 bits per heavy atom. The lowest BCUT2D eigenvalue weighted by molar-refractivity contribution is 0.282. The molecule has 0 spiro atoms. The molecule has 0 unspecified atom stereocenters. The maximum absolute atomic E-state index is 7.26. The summed E-state index contributed by atoms with van der Waals surface area (Å²) in [7, 11) is 3.30. The zero-order chi connectivity index (χ0) is 25.6. The first-order valence-electron chi connectivity index (χ1n) is 11.7. The number of nitrogens with two attached hydrogens (primary N) is 1. The van der Waals surface area contributed by atoms with Crippen LogP contribution in [0.15, 0.2) is 54.6 Å². The second-order valence-corrected chi connectivity index (χ2v) is 8.97. The summed E-state index contributed by atoms with van der Waals surface area (Å²) in [5, 5.41) is 7.42. The second kappa shape index (κ2) is 14.6. The van der Waals surface area contributed by atoms with Crippen LogP contribution >= 0.6 is 11.8 Å². The highest BCUT2D eigenvalue weighted by molar-refractivity contribution is 8.13. The van der Waals surface area contributed by atoms with Crippen LogP contribution in [0.5, 0.6) is 17.5 Å². The lowest BCUT2D eigenvalue weighted by Gasteiger charge is -2.07. The van der Waals surface area contributed by atoms with E-state index < -0.39 is 0 Å². The molecule has 0 bridgehead atoms. The number of hydrogen-bond acceptors (Lipinski definition) is 7. The first-order valence-corrected chi connectivity index (χ1v) is 12.7. The first kappa shape index (κ1) is 26.8. The molecule has 0 aliphatic heterocycles. The van der Waals surface area contributed by atoms with Gasteiger partial charge in [0.15, 0.2) is 5.17 Å². The standard InChI is InChI=1S/C28H32N4O3S/c1-33-25-14-8-21(9-15-25)6-12-23-20-24(13-7-22-10-16-26(34-2)17-11-22)32-28(31-23)35-18-4-3-5-19-36-27(29)30/h6-17,20H,3-5,18-19H2,1-2H3,(H3,29,30)/b12-6+,13-7+. The van der Waals surface area contributed by atoms with Crippen LogP contribution in [0.25, 0.3) is 24.3 Å². The fourth-order valence-electron chi connectivity index (χ4n) is 3.22. The van der Waals surface area contributed by atoms with E-state index in [-0.39, 0.29) is 5.17 Å². The fraction of sp³-hybridized carbons (Fsp3) is 0.250. The molecule has 7 nitrogen and oxygen atoms in total. The van der Waals surface area contributed by atoms with Gasteiger partial charge in [-0.05, 0) is 72.9 Å². The molecule has 3 rings (SSSR count). The predicted molar refractivity (Wildman–Crippen MR) is 150 cm³/mol. The summed E-state index contributed by atoms with van der Waals surface area (Å²) in [6, 6.07) is 17.9. The van der Waals surface area contributed by atoms with E-state index in [2.05, 4.69) is 9.97 Å². The zero-order valence-electron chi connectivity index (χ0n) is 20.6. The van der Waals surface area contributed by atoms with Crippen LogP contribution in [0.4, 0.5) is 0 Å². The third-order valence-corrected chi connectivity index (χ3v) is 5.95. The Morgan fingerprint density at radius 2 is 1.33 bits per heavy atom. The van der Waals surface area contributed by atoms with E-state index >= 15 is 0 Å². The molecule has 0 aliphatic rings. The van der Waals surface area contributed by atoms with E-state index in [1.54, 1.807) is 14.2 Å². The summed E-state index contributed by atoms with van der Waals surface area (Å²) in [4.78, 5) is 9.15. The number of ether oxygens (including phenoxy) is 3. The van der Waals surface area contributed by atoms with Gasteiger partial charge in [-0.3, -0.25) is 5.41 Å². The highest BCUT2D eigenvalue weighted by Gasteiger charge is 2.04. The molecule has 3 N–H and O–H groups in total. The maximum atomic E-state index is 7.26. The van der Waals surface area contributed by atoms with E-state index in [1.165, 1.54) is 11.8 Å². The summed E-state index contributed by atoms with van der Waals surface area (Å²) in [6.07, 6.45) is 10.7. The molecule has 1 heterocycles. The van der Waals surface area contributed by atoms with E-state index in [4.69, 9.17) is 25.4 Å². The van der Waals surface area contributed by atoms with Crippen LogP contribution in [-0.4, -0.2) is 41.7 Å². The molecular weight excluding hydrogens is 472 g/mol. The minimum Gasteiger partial charge on any atom is -0.497 e. The number of unbranched alkanes of at least 4 members (excludes halogenated alkanes) is 2. The van der Waals surface area contributed by atoms with E-state index in [9.17, 15) is 0 Å². The average molecular weight is 505 g/mol. The van der Waals surface area contributed by atoms with Gasteiger partial charge in [0.2, 0.25) is 0 Å². The highest BCUT2D eigenvalue weighted by Crippen LogP contribution is 2.18. The number of hydrogen-bond donors (Lipinski definition) is 2. The minimum atomic E-state index is 0.161. The third-order valence-electron chi connectivity index (χ3n) is 5.15. The van der Waals surface area contributed by atoms with Crippen molar-refractivity contribution >= 4 is 41.2 Å². The van der Waals surface area contributed by atoms with Crippen molar-refractivity contribution < 1.29 is 14.2 Å². The number of methoxy groups -OCH3 is 2. The van der Waals surface area contributed by atoms with Gasteiger partial charge >= 0.3 is 6.01 Å². The summed E-state index contributed by atoms with van der Waals surface area (Å²) in [6.45, 7) is 0.526. The molecule has 0 atom stereocenters. The Morgan fingerprint density at radius 3 is 1.81 bits per heavy atom. The van der Waals surface area contributed by atoms with Gasteiger partial charge in [0, 0.05) is 5.75 Å². The highest BCUT2D eigenvalue weighted by atomic mass is 32.2. The summed E-state index contributed by atoms with van der Waals surface area (Å²) >= 11 is 1.37. The number of benzene rings is 2. The van der Waals surface area contributed by atoms with E-state index in [0.717, 1.165) is 59.0 Å². The van der Waals surface area contributed by atoms with Gasteiger partial charge in [-0.15, -0.1) is 0 Å². The molecule has 0 radical (unpaired) electrons. The molecule has 1 aromatic heterocycles. The summed E-state index contributed by atoms with van der Waals surface area (Å²) in [5.41, 5.74) is 8.95. The number of rotatable bonds is 13. The molecule has 0 aliphatic carbocycles. The maximum Gasteiger partial charge on any atom is 0.317 e. The molecule has 8 heteroatoms. The van der Waals surface area contributed by atoms with Crippen LogP contribution in [0.3, 0.4) is 0 Å². The average Bonchev–Trinajstić information content (AvgIpc) is 2.90. The molecule has 36 heavy (non-hydrogen) atoms. The topological polar surface area (TPSA) is 103 Å². The van der Waals surface area contributed by atoms with Crippen molar-refractivity contribution in [3.8, 4) is 17.5 Å². The lowest BCUT2D eigenvalue weighted by atomic mass is 10.1. The largest absolute Gasteiger partial charge is 0.497 e. The van der Waals surface area contributed by atoms with E-state index in [1.807, 2.05) is 78.9 Å². The van der Waals surface area contributed by atoms with Crippen molar-refractivity contribution in [1.82, 2.24) is 9.97 Å². The Labute approximate surface area is 216 Å². The first-order chi connectivity index (χ1) is 17.6. The molecule has 2 aromatic carbocycles. The van der Waals surface area contributed by atoms with Gasteiger partial charge < -0.3 is 19.9 Å². The Balaban J connectivity index is 1.70. The van der Waals surface area contributed by atoms with Crippen molar-refractivity contribution in [2.75, 3.05) is 26.6 Å². The van der Waals surface area contributed by atoms with Crippen molar-refractivity contribution in [1.29, 1.82) is 5.41 Å². The normalized spacial score (nSPS) is 11.2. The fourth-order valence-corrected chi connectivity index (χ4v) is 3.79. The van der Waals surface area contributed by atoms with Crippen molar-refractivity contribution in [2.24, 2.45) is 5.73 Å². The van der Waals surface area contributed by atoms with Crippen LogP contribution in [-0.2, 0) is 0 Å². The van der Waals surface area contributed by atoms with Gasteiger partial charge in [0.05, 0.1) is 32.2 Å². The lowest BCUT2D eigenvalue weighted by Crippen LogP contribution is -2.05. The van der Waals surface area contributed by atoms with Crippen molar-refractivity contribution in [3.05, 3.63) is 77.1 Å². The monoisotopic (exact) mass is 504 g/mol. The Kier molecular flexibility index (Phi) is 10.9. The van der Waals surface area contributed by atoms with Gasteiger partial charge in [-0.25, -0.2) is 0 Å². The van der Waals surface area contributed by atoms with Crippen LogP contribution in [0, 0.1) is 5.41 Å². The number of amidine groups is 1. The van der Waals surface area contributed by atoms with Crippen molar-refractivity contribution in [3.63, 3.8) is 0 Å².